The molecule has 2 rings (SSSR count). The van der Waals surface area contributed by atoms with Gasteiger partial charge in [0.2, 0.25) is 5.91 Å². The molecule has 4 nitrogen and oxygen atoms in total. The highest BCUT2D eigenvalue weighted by Gasteiger charge is 2.07. The predicted octanol–water partition coefficient (Wildman–Crippen LogP) is 1.98. The second kappa shape index (κ2) is 5.27. The number of hydrogen-bond acceptors (Lipinski definition) is 3. The molecule has 0 spiro atoms. The van der Waals surface area contributed by atoms with Crippen LogP contribution >= 0.6 is 0 Å². The highest BCUT2D eigenvalue weighted by atomic mass is 19.1. The molecule has 0 fully saturated rings. The van der Waals surface area contributed by atoms with Crippen molar-refractivity contribution in [2.45, 2.75) is 6.42 Å². The minimum atomic E-state index is -0.447. The molecule has 0 saturated carbocycles. The lowest BCUT2D eigenvalue weighted by Crippen LogP contribution is -2.16. The normalized spacial score (nSPS) is 10.1. The Kier molecular flexibility index (Phi) is 3.52. The molecule has 92 valence electrons. The van der Waals surface area contributed by atoms with Crippen molar-refractivity contribution in [3.8, 4) is 0 Å². The van der Waals surface area contributed by atoms with E-state index in [1.807, 2.05) is 0 Å². The Labute approximate surface area is 104 Å². The molecule has 3 N–H and O–H groups in total. The van der Waals surface area contributed by atoms with Crippen molar-refractivity contribution in [1.82, 2.24) is 4.98 Å². The first-order chi connectivity index (χ1) is 8.65. The van der Waals surface area contributed by atoms with Gasteiger partial charge in [0, 0.05) is 11.9 Å². The van der Waals surface area contributed by atoms with Crippen LogP contribution in [0.2, 0.25) is 0 Å². The van der Waals surface area contributed by atoms with Crippen LogP contribution < -0.4 is 11.1 Å². The van der Waals surface area contributed by atoms with Crippen LogP contribution in [0.1, 0.15) is 5.69 Å². The molecule has 0 aliphatic heterocycles. The molecule has 2 aromatic rings. The van der Waals surface area contributed by atoms with E-state index in [1.165, 1.54) is 18.2 Å². The number of benzene rings is 1. The minimum absolute atomic E-state index is 0.122. The molecule has 1 heterocycles. The summed E-state index contributed by atoms with van der Waals surface area (Å²) in [6, 6.07) is 9.15. The topological polar surface area (TPSA) is 68.0 Å². The standard InChI is InChI=1S/C13H12FN3O/c14-9-4-5-11(15)12(7-9)17-13(18)8-10-3-1-2-6-16-10/h1-7H,8,15H2,(H,17,18). The number of nitrogen functional groups attached to an aromatic ring is 1. The van der Waals surface area contributed by atoms with Crippen molar-refractivity contribution in [2.24, 2.45) is 0 Å². The van der Waals surface area contributed by atoms with Crippen LogP contribution in [0.4, 0.5) is 15.8 Å². The highest BCUT2D eigenvalue weighted by Crippen LogP contribution is 2.19. The number of pyridine rings is 1. The molecular weight excluding hydrogens is 233 g/mol. The molecule has 0 radical (unpaired) electrons. The van der Waals surface area contributed by atoms with E-state index in [1.54, 1.807) is 24.4 Å². The van der Waals surface area contributed by atoms with Crippen LogP contribution in [-0.4, -0.2) is 10.9 Å². The van der Waals surface area contributed by atoms with Crippen LogP contribution in [-0.2, 0) is 11.2 Å². The summed E-state index contributed by atoms with van der Waals surface area (Å²) < 4.78 is 13.0. The Morgan fingerprint density at radius 2 is 2.17 bits per heavy atom. The quantitative estimate of drug-likeness (QED) is 0.812. The van der Waals surface area contributed by atoms with Crippen molar-refractivity contribution in [3.05, 3.63) is 54.1 Å². The molecule has 5 heteroatoms. The van der Waals surface area contributed by atoms with E-state index in [2.05, 4.69) is 10.3 Å². The summed E-state index contributed by atoms with van der Waals surface area (Å²) in [5.74, 6) is -0.733. The number of hydrogen-bond donors (Lipinski definition) is 2. The molecule has 1 aromatic carbocycles. The summed E-state index contributed by atoms with van der Waals surface area (Å²) in [4.78, 5) is 15.8. The Balaban J connectivity index is 2.05. The lowest BCUT2D eigenvalue weighted by molar-refractivity contribution is -0.115. The summed E-state index contributed by atoms with van der Waals surface area (Å²) in [5, 5.41) is 2.56. The number of nitrogens with two attached hydrogens (primary N) is 1. The third-order valence-electron chi connectivity index (χ3n) is 2.36. The van der Waals surface area contributed by atoms with Gasteiger partial charge in [-0.3, -0.25) is 9.78 Å². The van der Waals surface area contributed by atoms with E-state index >= 15 is 0 Å². The summed E-state index contributed by atoms with van der Waals surface area (Å²) in [7, 11) is 0. The minimum Gasteiger partial charge on any atom is -0.397 e. The molecule has 0 aliphatic carbocycles. The van der Waals surface area contributed by atoms with Gasteiger partial charge in [-0.1, -0.05) is 6.07 Å². The van der Waals surface area contributed by atoms with E-state index in [4.69, 9.17) is 5.73 Å². The first-order valence-corrected chi connectivity index (χ1v) is 5.40. The molecule has 18 heavy (non-hydrogen) atoms. The Hall–Kier alpha value is -2.43. The number of nitrogens with zero attached hydrogens (tertiary/aromatic N) is 1. The smallest absolute Gasteiger partial charge is 0.230 e. The fourth-order valence-corrected chi connectivity index (χ4v) is 1.50. The third-order valence-corrected chi connectivity index (χ3v) is 2.36. The molecule has 0 atom stereocenters. The van der Waals surface area contributed by atoms with Crippen molar-refractivity contribution >= 4 is 17.3 Å². The lowest BCUT2D eigenvalue weighted by atomic mass is 10.2. The maximum absolute atomic E-state index is 13.0. The number of halogens is 1. The molecule has 0 unspecified atom stereocenters. The average Bonchev–Trinajstić information content (AvgIpc) is 2.35. The fraction of sp³-hybridized carbons (Fsp3) is 0.0769. The van der Waals surface area contributed by atoms with Crippen molar-refractivity contribution in [2.75, 3.05) is 11.1 Å². The summed E-state index contributed by atoms with van der Waals surface area (Å²) in [6.07, 6.45) is 1.73. The van der Waals surface area contributed by atoms with Gasteiger partial charge in [0.25, 0.3) is 0 Å². The molecule has 1 aromatic heterocycles. The van der Waals surface area contributed by atoms with Crippen LogP contribution in [0.3, 0.4) is 0 Å². The van der Waals surface area contributed by atoms with Crippen LogP contribution in [0.15, 0.2) is 42.6 Å². The Morgan fingerprint density at radius 1 is 1.33 bits per heavy atom. The van der Waals surface area contributed by atoms with Gasteiger partial charge in [-0.25, -0.2) is 4.39 Å². The maximum atomic E-state index is 13.0. The lowest BCUT2D eigenvalue weighted by Gasteiger charge is -2.07. The van der Waals surface area contributed by atoms with Crippen LogP contribution in [0, 0.1) is 5.82 Å². The number of anilines is 2. The van der Waals surface area contributed by atoms with E-state index in [-0.39, 0.29) is 18.0 Å². The summed E-state index contributed by atoms with van der Waals surface area (Å²) in [5.41, 5.74) is 6.88. The molecule has 1 amide bonds. The van der Waals surface area contributed by atoms with Gasteiger partial charge < -0.3 is 11.1 Å². The fourth-order valence-electron chi connectivity index (χ4n) is 1.50. The number of aromatic nitrogens is 1. The van der Waals surface area contributed by atoms with E-state index in [9.17, 15) is 9.18 Å². The first kappa shape index (κ1) is 12.0. The highest BCUT2D eigenvalue weighted by molar-refractivity contribution is 5.94. The summed E-state index contributed by atoms with van der Waals surface area (Å²) in [6.45, 7) is 0. The third kappa shape index (κ3) is 3.04. The van der Waals surface area contributed by atoms with Gasteiger partial charge in [0.1, 0.15) is 5.82 Å². The monoisotopic (exact) mass is 245 g/mol. The molecule has 0 bridgehead atoms. The largest absolute Gasteiger partial charge is 0.397 e. The number of carbonyl (C=O) groups is 1. The van der Waals surface area contributed by atoms with Gasteiger partial charge in [-0.2, -0.15) is 0 Å². The molecule has 0 aliphatic rings. The van der Waals surface area contributed by atoms with E-state index in [0.29, 0.717) is 11.4 Å². The van der Waals surface area contributed by atoms with Gasteiger partial charge in [-0.15, -0.1) is 0 Å². The number of rotatable bonds is 3. The summed E-state index contributed by atoms with van der Waals surface area (Å²) >= 11 is 0. The molecule has 0 saturated heterocycles. The zero-order valence-electron chi connectivity index (χ0n) is 9.56. The Morgan fingerprint density at radius 3 is 2.89 bits per heavy atom. The van der Waals surface area contributed by atoms with Gasteiger partial charge >= 0.3 is 0 Å². The van der Waals surface area contributed by atoms with Gasteiger partial charge in [0.15, 0.2) is 0 Å². The van der Waals surface area contributed by atoms with Crippen molar-refractivity contribution < 1.29 is 9.18 Å². The average molecular weight is 245 g/mol. The second-order valence-electron chi connectivity index (χ2n) is 3.78. The van der Waals surface area contributed by atoms with E-state index < -0.39 is 5.82 Å². The maximum Gasteiger partial charge on any atom is 0.230 e. The van der Waals surface area contributed by atoms with Gasteiger partial charge in [-0.05, 0) is 30.3 Å². The zero-order chi connectivity index (χ0) is 13.0. The van der Waals surface area contributed by atoms with Crippen molar-refractivity contribution in [1.29, 1.82) is 0 Å². The van der Waals surface area contributed by atoms with Crippen LogP contribution in [0.25, 0.3) is 0 Å². The van der Waals surface area contributed by atoms with Crippen LogP contribution in [0.5, 0.6) is 0 Å². The zero-order valence-corrected chi connectivity index (χ0v) is 9.56. The number of amides is 1. The second-order valence-corrected chi connectivity index (χ2v) is 3.78. The number of carbonyl (C=O) groups excluding carboxylic acids is 1. The first-order valence-electron chi connectivity index (χ1n) is 5.40. The SMILES string of the molecule is Nc1ccc(F)cc1NC(=O)Cc1ccccn1. The molecular formula is C13H12FN3O. The van der Waals surface area contributed by atoms with E-state index in [0.717, 1.165) is 0 Å². The van der Waals surface area contributed by atoms with Crippen molar-refractivity contribution in [3.63, 3.8) is 0 Å². The van der Waals surface area contributed by atoms with Gasteiger partial charge in [0.05, 0.1) is 17.8 Å². The predicted molar refractivity (Wildman–Crippen MR) is 67.4 cm³/mol. The number of nitrogens with one attached hydrogen (secondary N) is 1. The Bertz CT molecular complexity index is 557.